The summed E-state index contributed by atoms with van der Waals surface area (Å²) in [5.41, 5.74) is 0. The minimum absolute atomic E-state index is 0.250. The average Bonchev–Trinajstić information content (AvgIpc) is 3.14. The number of aryl methyl sites for hydroxylation is 1. The van der Waals surface area contributed by atoms with Crippen LogP contribution in [-0.4, -0.2) is 77.1 Å². The summed E-state index contributed by atoms with van der Waals surface area (Å²) in [7, 11) is 4.17. The molecule has 0 aromatic carbocycles. The molecule has 0 N–H and O–H groups in total. The lowest BCUT2D eigenvalue weighted by molar-refractivity contribution is 0.00128. The van der Waals surface area contributed by atoms with E-state index >= 15 is 0 Å². The zero-order chi connectivity index (χ0) is 20.7. The first-order chi connectivity index (χ1) is 13.8. The SMILES string of the molecule is C#CCOCCOCCOCCOCCc1nnc(CCCCC)o1.[B]C=O. The van der Waals surface area contributed by atoms with Crippen LogP contribution < -0.4 is 0 Å². The maximum Gasteiger partial charge on any atom is 0.218 e. The highest BCUT2D eigenvalue weighted by Crippen LogP contribution is 2.06. The molecule has 28 heavy (non-hydrogen) atoms. The topological polar surface area (TPSA) is 92.9 Å². The van der Waals surface area contributed by atoms with Crippen molar-refractivity contribution in [2.45, 2.75) is 39.0 Å². The van der Waals surface area contributed by atoms with Crippen molar-refractivity contribution in [3.8, 4) is 12.3 Å². The predicted molar refractivity (Wildman–Crippen MR) is 106 cm³/mol. The van der Waals surface area contributed by atoms with E-state index in [1.807, 2.05) is 0 Å². The largest absolute Gasteiger partial charge is 0.425 e. The van der Waals surface area contributed by atoms with Crippen molar-refractivity contribution in [3.05, 3.63) is 11.8 Å². The van der Waals surface area contributed by atoms with Crippen molar-refractivity contribution in [3.63, 3.8) is 0 Å². The summed E-state index contributed by atoms with van der Waals surface area (Å²) in [6.45, 7) is 6.18. The van der Waals surface area contributed by atoms with Gasteiger partial charge in [0.25, 0.3) is 0 Å². The lowest BCUT2D eigenvalue weighted by atomic mass is 10.2. The van der Waals surface area contributed by atoms with Crippen LogP contribution in [0.1, 0.15) is 38.0 Å². The smallest absolute Gasteiger partial charge is 0.218 e. The van der Waals surface area contributed by atoms with E-state index in [2.05, 4.69) is 30.9 Å². The molecule has 0 amide bonds. The number of unbranched alkanes of at least 4 members (excludes halogenated alkanes) is 2. The van der Waals surface area contributed by atoms with Crippen LogP contribution in [0.15, 0.2) is 4.42 Å². The molecule has 8 nitrogen and oxygen atoms in total. The number of carbonyl (C=O) groups excluding carboxylic acids is 1. The highest BCUT2D eigenvalue weighted by Gasteiger charge is 2.05. The number of ether oxygens (including phenoxy) is 4. The van der Waals surface area contributed by atoms with Gasteiger partial charge in [0.15, 0.2) is 7.85 Å². The summed E-state index contributed by atoms with van der Waals surface area (Å²) in [5.74, 6) is 3.75. The first kappa shape index (κ1) is 26.3. The third-order valence-electron chi connectivity index (χ3n) is 3.26. The van der Waals surface area contributed by atoms with Crippen molar-refractivity contribution >= 4 is 14.0 Å². The Labute approximate surface area is 169 Å². The van der Waals surface area contributed by atoms with Crippen LogP contribution in [0.4, 0.5) is 0 Å². The van der Waals surface area contributed by atoms with Gasteiger partial charge < -0.3 is 28.2 Å². The van der Waals surface area contributed by atoms with E-state index in [0.717, 1.165) is 18.7 Å². The molecule has 0 aliphatic heterocycles. The van der Waals surface area contributed by atoms with Crippen LogP contribution in [-0.2, 0) is 36.6 Å². The Morgan fingerprint density at radius 3 is 1.96 bits per heavy atom. The molecule has 0 aliphatic carbocycles. The molecule has 0 atom stereocenters. The lowest BCUT2D eigenvalue weighted by Gasteiger charge is -2.06. The Hall–Kier alpha value is -1.73. The summed E-state index contributed by atoms with van der Waals surface area (Å²) < 4.78 is 26.8. The Kier molecular flexibility index (Phi) is 20.2. The van der Waals surface area contributed by atoms with Gasteiger partial charge in [-0.3, -0.25) is 0 Å². The second-order valence-corrected chi connectivity index (χ2v) is 5.53. The second kappa shape index (κ2) is 21.6. The van der Waals surface area contributed by atoms with E-state index < -0.39 is 0 Å². The maximum absolute atomic E-state index is 8.58. The fourth-order valence-electron chi connectivity index (χ4n) is 1.97. The van der Waals surface area contributed by atoms with Crippen molar-refractivity contribution in [2.24, 2.45) is 0 Å². The summed E-state index contributed by atoms with van der Waals surface area (Å²) in [6.07, 6.45) is 10.2. The predicted octanol–water partition coefficient (Wildman–Crippen LogP) is 1.39. The zero-order valence-corrected chi connectivity index (χ0v) is 16.8. The van der Waals surface area contributed by atoms with E-state index in [4.69, 9.17) is 34.6 Å². The van der Waals surface area contributed by atoms with Crippen LogP contribution in [0.5, 0.6) is 0 Å². The Morgan fingerprint density at radius 2 is 1.43 bits per heavy atom. The fraction of sp³-hybridized carbons (Fsp3) is 0.737. The van der Waals surface area contributed by atoms with E-state index in [0.29, 0.717) is 65.2 Å². The van der Waals surface area contributed by atoms with Crippen LogP contribution in [0.2, 0.25) is 0 Å². The highest BCUT2D eigenvalue weighted by atomic mass is 16.6. The third-order valence-corrected chi connectivity index (χ3v) is 3.26. The fourth-order valence-corrected chi connectivity index (χ4v) is 1.97. The lowest BCUT2D eigenvalue weighted by Crippen LogP contribution is -2.12. The molecule has 0 unspecified atom stereocenters. The molecule has 0 saturated carbocycles. The van der Waals surface area contributed by atoms with Gasteiger partial charge in [-0.25, -0.2) is 0 Å². The Bertz CT molecular complexity index is 507. The Morgan fingerprint density at radius 1 is 0.929 bits per heavy atom. The highest BCUT2D eigenvalue weighted by molar-refractivity contribution is 6.48. The molecular formula is C19H31BN2O6. The van der Waals surface area contributed by atoms with Gasteiger partial charge in [-0.05, 0) is 6.42 Å². The third kappa shape index (κ3) is 17.7. The van der Waals surface area contributed by atoms with E-state index in [1.165, 1.54) is 12.8 Å². The Balaban J connectivity index is 0.00000227. The number of aromatic nitrogens is 2. The van der Waals surface area contributed by atoms with Crippen molar-refractivity contribution < 1.29 is 28.2 Å². The molecular weight excluding hydrogens is 363 g/mol. The summed E-state index contributed by atoms with van der Waals surface area (Å²) >= 11 is 0. The quantitative estimate of drug-likeness (QED) is 0.169. The molecule has 1 aromatic heterocycles. The van der Waals surface area contributed by atoms with Crippen LogP contribution >= 0.6 is 0 Å². The molecule has 0 saturated heterocycles. The molecule has 1 rings (SSSR count). The van der Waals surface area contributed by atoms with Gasteiger partial charge >= 0.3 is 0 Å². The van der Waals surface area contributed by atoms with Gasteiger partial charge in [0, 0.05) is 12.8 Å². The minimum atomic E-state index is 0.250. The molecule has 2 radical (unpaired) electrons. The number of terminal acetylenes is 1. The summed E-state index contributed by atoms with van der Waals surface area (Å²) in [5, 5.41) is 8.06. The molecule has 156 valence electrons. The number of rotatable bonds is 17. The van der Waals surface area contributed by atoms with Crippen molar-refractivity contribution in [2.75, 3.05) is 52.9 Å². The monoisotopic (exact) mass is 394 g/mol. The first-order valence-electron chi connectivity index (χ1n) is 9.49. The molecule has 9 heteroatoms. The molecule has 0 fully saturated rings. The minimum Gasteiger partial charge on any atom is -0.425 e. The number of nitrogens with zero attached hydrogens (tertiary/aromatic N) is 2. The maximum atomic E-state index is 8.58. The average molecular weight is 394 g/mol. The van der Waals surface area contributed by atoms with Gasteiger partial charge in [0.1, 0.15) is 6.61 Å². The number of carbonyl (C=O) groups is 1. The number of hydrogen-bond acceptors (Lipinski definition) is 8. The van der Waals surface area contributed by atoms with Gasteiger partial charge in [-0.1, -0.05) is 25.7 Å². The van der Waals surface area contributed by atoms with Crippen LogP contribution in [0.25, 0.3) is 0 Å². The van der Waals surface area contributed by atoms with Gasteiger partial charge in [-0.2, -0.15) is 0 Å². The normalized spacial score (nSPS) is 10.1. The molecule has 0 aliphatic rings. The summed E-state index contributed by atoms with van der Waals surface area (Å²) in [6, 6.07) is 0. The van der Waals surface area contributed by atoms with Crippen LogP contribution in [0, 0.1) is 12.3 Å². The van der Waals surface area contributed by atoms with Gasteiger partial charge in [0.05, 0.1) is 52.4 Å². The summed E-state index contributed by atoms with van der Waals surface area (Å²) in [4.78, 5) is 8.58. The number of hydrogen-bond donors (Lipinski definition) is 0. The van der Waals surface area contributed by atoms with Gasteiger partial charge in [-0.15, -0.1) is 16.6 Å². The van der Waals surface area contributed by atoms with Crippen LogP contribution in [0.3, 0.4) is 0 Å². The first-order valence-corrected chi connectivity index (χ1v) is 9.49. The zero-order valence-electron chi connectivity index (χ0n) is 16.8. The van der Waals surface area contributed by atoms with Gasteiger partial charge in [0.2, 0.25) is 11.8 Å². The standard InChI is InChI=1S/C18H30N2O5.CHBO/c1-3-5-6-7-17-19-20-18(25-17)8-10-22-12-14-24-16-15-23-13-11-21-9-4-2;2-1-3/h2H,3,5-16H2,1H3;1H. The van der Waals surface area contributed by atoms with Crippen molar-refractivity contribution in [1.82, 2.24) is 10.2 Å². The molecule has 1 heterocycles. The molecule has 1 aromatic rings. The van der Waals surface area contributed by atoms with E-state index in [-0.39, 0.29) is 6.19 Å². The van der Waals surface area contributed by atoms with E-state index in [1.54, 1.807) is 0 Å². The molecule has 0 bridgehead atoms. The van der Waals surface area contributed by atoms with E-state index in [9.17, 15) is 0 Å². The molecule has 0 spiro atoms. The second-order valence-electron chi connectivity index (χ2n) is 5.53. The van der Waals surface area contributed by atoms with Crippen molar-refractivity contribution in [1.29, 1.82) is 0 Å².